The van der Waals surface area contributed by atoms with Crippen LogP contribution in [0.1, 0.15) is 26.9 Å². The van der Waals surface area contributed by atoms with Gasteiger partial charge in [-0.3, -0.25) is 0 Å². The maximum atomic E-state index is 4.34. The summed E-state index contributed by atoms with van der Waals surface area (Å²) in [4.78, 5) is 4.34. The first-order chi connectivity index (χ1) is 4.74. The van der Waals surface area contributed by atoms with E-state index in [-0.39, 0.29) is 1.43 Å². The first kappa shape index (κ1) is 7.54. The lowest BCUT2D eigenvalue weighted by molar-refractivity contribution is 0.834. The van der Waals surface area contributed by atoms with Crippen LogP contribution in [0.25, 0.3) is 0 Å². The third-order valence-corrected chi connectivity index (χ3v) is 2.21. The summed E-state index contributed by atoms with van der Waals surface area (Å²) in [5.41, 5.74) is 1.18. The van der Waals surface area contributed by atoms with Crippen LogP contribution < -0.4 is 5.32 Å². The van der Waals surface area contributed by atoms with Crippen LogP contribution >= 0.6 is 11.3 Å². The van der Waals surface area contributed by atoms with E-state index in [9.17, 15) is 0 Å². The van der Waals surface area contributed by atoms with Gasteiger partial charge in [0, 0.05) is 13.9 Å². The van der Waals surface area contributed by atoms with Crippen LogP contribution in [0, 0.1) is 0 Å². The topological polar surface area (TPSA) is 24.9 Å². The van der Waals surface area contributed by atoms with Gasteiger partial charge in [-0.15, -0.1) is 11.3 Å². The predicted molar refractivity (Wildman–Crippen MR) is 47.9 cm³/mol. The van der Waals surface area contributed by atoms with Crippen LogP contribution in [0.3, 0.4) is 0 Å². The summed E-state index contributed by atoms with van der Waals surface area (Å²) >= 11 is 1.66. The van der Waals surface area contributed by atoms with Gasteiger partial charge in [-0.25, -0.2) is 4.98 Å². The van der Waals surface area contributed by atoms with Crippen LogP contribution in [0.2, 0.25) is 0 Å². The van der Waals surface area contributed by atoms with Crippen molar-refractivity contribution in [2.24, 2.45) is 0 Å². The van der Waals surface area contributed by atoms with E-state index in [2.05, 4.69) is 29.5 Å². The van der Waals surface area contributed by atoms with Crippen molar-refractivity contribution in [3.05, 3.63) is 11.1 Å². The number of thiazole rings is 1. The third-order valence-electron chi connectivity index (χ3n) is 1.33. The van der Waals surface area contributed by atoms with Gasteiger partial charge in [0.25, 0.3) is 0 Å². The number of aromatic nitrogens is 1. The molecule has 0 spiro atoms. The molecule has 58 valence electrons. The highest BCUT2D eigenvalue weighted by molar-refractivity contribution is 7.13. The monoisotopic (exact) mass is 158 g/mol. The molecule has 1 N–H and O–H groups in total. The van der Waals surface area contributed by atoms with Gasteiger partial charge in [-0.2, -0.15) is 0 Å². The molecule has 0 amide bonds. The molecule has 3 heteroatoms. The molecule has 10 heavy (non-hydrogen) atoms. The highest BCUT2D eigenvalue weighted by Gasteiger charge is 2.02. The molecule has 1 rings (SSSR count). The Balaban J connectivity index is 0.000001000. The van der Waals surface area contributed by atoms with Crippen molar-refractivity contribution in [2.75, 3.05) is 12.4 Å². The van der Waals surface area contributed by atoms with E-state index < -0.39 is 0 Å². The molecule has 2 nitrogen and oxygen atoms in total. The molecule has 1 aromatic heterocycles. The SMILES string of the molecule is CNc1nc(C(C)C)cs1.[HH]. The van der Waals surface area contributed by atoms with E-state index in [1.807, 2.05) is 7.05 Å². The summed E-state index contributed by atoms with van der Waals surface area (Å²) in [6.45, 7) is 4.29. The molecule has 0 aliphatic carbocycles. The number of anilines is 1. The Morgan fingerprint density at radius 2 is 2.40 bits per heavy atom. The molecule has 0 bridgehead atoms. The molecule has 1 aromatic rings. The van der Waals surface area contributed by atoms with Crippen LogP contribution in [-0.4, -0.2) is 12.0 Å². The molecule has 0 radical (unpaired) electrons. The zero-order valence-electron chi connectivity index (χ0n) is 6.51. The van der Waals surface area contributed by atoms with E-state index in [4.69, 9.17) is 0 Å². The molecule has 0 aliphatic rings. The van der Waals surface area contributed by atoms with Gasteiger partial charge < -0.3 is 5.32 Å². The fourth-order valence-corrected chi connectivity index (χ4v) is 1.50. The number of rotatable bonds is 2. The largest absolute Gasteiger partial charge is 0.365 e. The minimum atomic E-state index is 0. The predicted octanol–water partition coefficient (Wildman–Crippen LogP) is 2.55. The van der Waals surface area contributed by atoms with Crippen LogP contribution in [0.4, 0.5) is 5.13 Å². The maximum absolute atomic E-state index is 4.34. The lowest BCUT2D eigenvalue weighted by atomic mass is 10.2. The summed E-state index contributed by atoms with van der Waals surface area (Å²) in [5, 5.41) is 6.11. The van der Waals surface area contributed by atoms with E-state index in [0.29, 0.717) is 5.92 Å². The quantitative estimate of drug-likeness (QED) is 0.715. The van der Waals surface area contributed by atoms with Gasteiger partial charge >= 0.3 is 0 Å². The van der Waals surface area contributed by atoms with Gasteiger partial charge in [0.1, 0.15) is 0 Å². The lowest BCUT2D eigenvalue weighted by Crippen LogP contribution is -1.89. The second-order valence-corrected chi connectivity index (χ2v) is 3.34. The average Bonchev–Trinajstić information content (AvgIpc) is 2.34. The summed E-state index contributed by atoms with van der Waals surface area (Å²) in [6.07, 6.45) is 0. The van der Waals surface area contributed by atoms with Crippen molar-refractivity contribution in [3.63, 3.8) is 0 Å². The lowest BCUT2D eigenvalue weighted by Gasteiger charge is -1.96. The molecule has 0 aromatic carbocycles. The highest BCUT2D eigenvalue weighted by atomic mass is 32.1. The molecule has 0 aliphatic heterocycles. The van der Waals surface area contributed by atoms with E-state index in [1.54, 1.807) is 11.3 Å². The standard InChI is InChI=1S/C7H12N2S.H2/c1-5(2)6-4-10-7(8-3)9-6;/h4-5H,1-3H3,(H,8,9);1H. The van der Waals surface area contributed by atoms with E-state index in [0.717, 1.165) is 5.13 Å². The smallest absolute Gasteiger partial charge is 0.182 e. The van der Waals surface area contributed by atoms with Gasteiger partial charge in [0.2, 0.25) is 0 Å². The van der Waals surface area contributed by atoms with E-state index >= 15 is 0 Å². The Morgan fingerprint density at radius 3 is 2.70 bits per heavy atom. The molecular weight excluding hydrogens is 144 g/mol. The minimum absolute atomic E-state index is 0. The van der Waals surface area contributed by atoms with Gasteiger partial charge in [0.05, 0.1) is 5.69 Å². The van der Waals surface area contributed by atoms with Crippen molar-refractivity contribution in [3.8, 4) is 0 Å². The van der Waals surface area contributed by atoms with Gasteiger partial charge in [-0.1, -0.05) is 13.8 Å². The number of hydrogen-bond donors (Lipinski definition) is 1. The average molecular weight is 158 g/mol. The van der Waals surface area contributed by atoms with Gasteiger partial charge in [-0.05, 0) is 5.92 Å². The zero-order chi connectivity index (χ0) is 7.56. The minimum Gasteiger partial charge on any atom is -0.365 e. The Morgan fingerprint density at radius 1 is 1.70 bits per heavy atom. The van der Waals surface area contributed by atoms with Crippen LogP contribution in [0.15, 0.2) is 5.38 Å². The third kappa shape index (κ3) is 1.48. The van der Waals surface area contributed by atoms with E-state index in [1.165, 1.54) is 5.69 Å². The van der Waals surface area contributed by atoms with Gasteiger partial charge in [0.15, 0.2) is 5.13 Å². The van der Waals surface area contributed by atoms with Crippen LogP contribution in [-0.2, 0) is 0 Å². The van der Waals surface area contributed by atoms with Crippen molar-refractivity contribution in [2.45, 2.75) is 19.8 Å². The summed E-state index contributed by atoms with van der Waals surface area (Å²) in [7, 11) is 1.89. The number of hydrogen-bond acceptors (Lipinski definition) is 3. The Bertz CT molecular complexity index is 210. The first-order valence-electron chi connectivity index (χ1n) is 3.37. The Hall–Kier alpha value is -0.570. The molecule has 0 fully saturated rings. The fourth-order valence-electron chi connectivity index (χ4n) is 0.666. The van der Waals surface area contributed by atoms with Crippen molar-refractivity contribution < 1.29 is 1.43 Å². The highest BCUT2D eigenvalue weighted by Crippen LogP contribution is 2.20. The maximum Gasteiger partial charge on any atom is 0.182 e. The van der Waals surface area contributed by atoms with Crippen LogP contribution in [0.5, 0.6) is 0 Å². The normalized spacial score (nSPS) is 10.4. The second-order valence-electron chi connectivity index (χ2n) is 2.48. The molecule has 0 saturated carbocycles. The van der Waals surface area contributed by atoms with Crippen molar-refractivity contribution >= 4 is 16.5 Å². The molecular formula is C7H14N2S. The summed E-state index contributed by atoms with van der Waals surface area (Å²) in [6, 6.07) is 0. The Labute approximate surface area is 66.8 Å². The fraction of sp³-hybridized carbons (Fsp3) is 0.571. The molecule has 0 unspecified atom stereocenters. The first-order valence-corrected chi connectivity index (χ1v) is 4.25. The second kappa shape index (κ2) is 3.01. The number of nitrogens with zero attached hydrogens (tertiary/aromatic N) is 1. The van der Waals surface area contributed by atoms with Crippen molar-refractivity contribution in [1.82, 2.24) is 4.98 Å². The van der Waals surface area contributed by atoms with Crippen molar-refractivity contribution in [1.29, 1.82) is 0 Å². The summed E-state index contributed by atoms with van der Waals surface area (Å²) < 4.78 is 0. The molecule has 1 heterocycles. The molecule has 0 atom stereocenters. The Kier molecular flexibility index (Phi) is 2.27. The summed E-state index contributed by atoms with van der Waals surface area (Å²) in [5.74, 6) is 0.540. The number of nitrogens with one attached hydrogen (secondary N) is 1. The zero-order valence-corrected chi connectivity index (χ0v) is 7.33. The molecule has 0 saturated heterocycles.